The largest absolute Gasteiger partial charge is 0.466 e. The number of rotatable bonds is 8. The van der Waals surface area contributed by atoms with E-state index in [0.717, 1.165) is 11.1 Å². The monoisotopic (exact) mass is 386 g/mol. The summed E-state index contributed by atoms with van der Waals surface area (Å²) >= 11 is 1.43. The molecule has 0 aromatic carbocycles. The van der Waals surface area contributed by atoms with E-state index in [1.165, 1.54) is 18.9 Å². The second-order valence-electron chi connectivity index (χ2n) is 5.80. The third-order valence-corrected chi connectivity index (χ3v) is 5.39. The Morgan fingerprint density at radius 1 is 1.52 bits per heavy atom. The first-order chi connectivity index (χ1) is 13.1. The first kappa shape index (κ1) is 18.8. The van der Waals surface area contributed by atoms with Crippen molar-refractivity contribution in [2.75, 3.05) is 7.11 Å². The number of ether oxygens (including phenoxy) is 1. The minimum absolute atomic E-state index is 0.158. The maximum Gasteiger partial charge on any atom is 0.336 e. The molecule has 0 saturated carbocycles. The van der Waals surface area contributed by atoms with E-state index in [1.54, 1.807) is 23.9 Å². The van der Waals surface area contributed by atoms with Crippen molar-refractivity contribution in [2.45, 2.75) is 24.1 Å². The lowest BCUT2D eigenvalue weighted by Gasteiger charge is -2.22. The molecule has 0 radical (unpaired) electrons. The van der Waals surface area contributed by atoms with Gasteiger partial charge in [0.15, 0.2) is 5.82 Å². The molecule has 1 aliphatic heterocycles. The van der Waals surface area contributed by atoms with E-state index in [-0.39, 0.29) is 5.25 Å². The highest BCUT2D eigenvalue weighted by Crippen LogP contribution is 2.36. The lowest BCUT2D eigenvalue weighted by molar-refractivity contribution is -0.136. The molecule has 0 bridgehead atoms. The van der Waals surface area contributed by atoms with Crippen molar-refractivity contribution >= 4 is 24.1 Å². The Labute approximate surface area is 160 Å². The first-order valence-corrected chi connectivity index (χ1v) is 9.12. The molecule has 27 heavy (non-hydrogen) atoms. The van der Waals surface area contributed by atoms with Gasteiger partial charge in [-0.15, -0.1) is 11.8 Å². The molecule has 0 aliphatic carbocycles. The van der Waals surface area contributed by atoms with Gasteiger partial charge in [0.2, 0.25) is 6.41 Å². The highest BCUT2D eigenvalue weighted by molar-refractivity contribution is 8.03. The number of aromatic nitrogens is 3. The van der Waals surface area contributed by atoms with Crippen LogP contribution >= 0.6 is 11.8 Å². The molecule has 2 atom stereocenters. The molecule has 2 aromatic rings. The highest BCUT2D eigenvalue weighted by atomic mass is 32.2. The molecule has 2 aromatic heterocycles. The third-order valence-electron chi connectivity index (χ3n) is 4.10. The predicted molar refractivity (Wildman–Crippen MR) is 99.5 cm³/mol. The van der Waals surface area contributed by atoms with Gasteiger partial charge in [0.05, 0.1) is 29.5 Å². The number of nitrogens with one attached hydrogen (secondary N) is 1. The van der Waals surface area contributed by atoms with Crippen LogP contribution in [0.3, 0.4) is 0 Å². The van der Waals surface area contributed by atoms with Gasteiger partial charge in [0.1, 0.15) is 0 Å². The van der Waals surface area contributed by atoms with Crippen LogP contribution in [0.5, 0.6) is 0 Å². The van der Waals surface area contributed by atoms with Crippen molar-refractivity contribution < 1.29 is 18.8 Å². The number of pyridine rings is 1. The second kappa shape index (κ2) is 8.63. The van der Waals surface area contributed by atoms with Crippen molar-refractivity contribution in [1.29, 1.82) is 0 Å². The molecule has 0 spiro atoms. The number of nitrogens with zero attached hydrogens (tertiary/aromatic N) is 3. The fourth-order valence-corrected chi connectivity index (χ4v) is 3.94. The van der Waals surface area contributed by atoms with E-state index < -0.39 is 12.0 Å². The van der Waals surface area contributed by atoms with Crippen LogP contribution in [-0.4, -0.2) is 45.9 Å². The zero-order chi connectivity index (χ0) is 19.2. The topological polar surface area (TPSA) is 107 Å². The van der Waals surface area contributed by atoms with Gasteiger partial charge in [-0.05, 0) is 24.0 Å². The smallest absolute Gasteiger partial charge is 0.336 e. The van der Waals surface area contributed by atoms with E-state index in [4.69, 9.17) is 9.26 Å². The number of esters is 1. The van der Waals surface area contributed by atoms with E-state index in [2.05, 4.69) is 27.0 Å². The maximum absolute atomic E-state index is 11.9. The SMILES string of the molecule is C=C(CCc1noc(-c2cccnc2)n1)C1SC=C(C(=O)OC)C1NC=O. The zero-order valence-electron chi connectivity index (χ0n) is 14.6. The number of aryl methyl sites for hydroxylation is 1. The van der Waals surface area contributed by atoms with Crippen LogP contribution in [0.4, 0.5) is 0 Å². The zero-order valence-corrected chi connectivity index (χ0v) is 15.4. The average Bonchev–Trinajstić information content (AvgIpc) is 3.34. The van der Waals surface area contributed by atoms with Crippen LogP contribution in [0.25, 0.3) is 11.5 Å². The van der Waals surface area contributed by atoms with Crippen LogP contribution in [-0.2, 0) is 20.7 Å². The van der Waals surface area contributed by atoms with Gasteiger partial charge in [-0.1, -0.05) is 17.3 Å². The average molecular weight is 386 g/mol. The Balaban J connectivity index is 1.62. The number of hydrogen-bond acceptors (Lipinski definition) is 8. The van der Waals surface area contributed by atoms with Crippen molar-refractivity contribution in [3.8, 4) is 11.5 Å². The Hall–Kier alpha value is -2.94. The number of carbonyl (C=O) groups is 2. The first-order valence-electron chi connectivity index (χ1n) is 8.18. The molecule has 140 valence electrons. The van der Waals surface area contributed by atoms with E-state index in [1.807, 2.05) is 6.07 Å². The lowest BCUT2D eigenvalue weighted by atomic mass is 9.97. The molecule has 0 saturated heterocycles. The summed E-state index contributed by atoms with van der Waals surface area (Å²) in [6.07, 6.45) is 5.02. The van der Waals surface area contributed by atoms with Crippen molar-refractivity contribution in [3.05, 3.63) is 53.5 Å². The summed E-state index contributed by atoms with van der Waals surface area (Å²) in [6, 6.07) is 3.17. The summed E-state index contributed by atoms with van der Waals surface area (Å²) in [5.74, 6) is 0.504. The van der Waals surface area contributed by atoms with Gasteiger partial charge >= 0.3 is 5.97 Å². The van der Waals surface area contributed by atoms with Gasteiger partial charge in [0.25, 0.3) is 5.89 Å². The normalized spacial score (nSPS) is 18.6. The Morgan fingerprint density at radius 3 is 3.07 bits per heavy atom. The summed E-state index contributed by atoms with van der Waals surface area (Å²) in [5.41, 5.74) is 2.03. The number of hydrogen-bond donors (Lipinski definition) is 1. The minimum Gasteiger partial charge on any atom is -0.466 e. The van der Waals surface area contributed by atoms with Crippen LogP contribution < -0.4 is 5.32 Å². The van der Waals surface area contributed by atoms with Crippen LogP contribution in [0.1, 0.15) is 12.2 Å². The lowest BCUT2D eigenvalue weighted by Crippen LogP contribution is -2.39. The van der Waals surface area contributed by atoms with Gasteiger partial charge in [-0.3, -0.25) is 9.78 Å². The summed E-state index contributed by atoms with van der Waals surface area (Å²) < 4.78 is 10.0. The fourth-order valence-electron chi connectivity index (χ4n) is 2.71. The quantitative estimate of drug-likeness (QED) is 0.416. The fraction of sp³-hybridized carbons (Fsp3) is 0.278. The molecular weight excluding hydrogens is 368 g/mol. The van der Waals surface area contributed by atoms with E-state index in [0.29, 0.717) is 36.5 Å². The predicted octanol–water partition coefficient (Wildman–Crippen LogP) is 1.91. The molecule has 3 heterocycles. The van der Waals surface area contributed by atoms with Crippen LogP contribution in [0.2, 0.25) is 0 Å². The summed E-state index contributed by atoms with van der Waals surface area (Å²) in [4.78, 5) is 31.2. The number of methoxy groups -OCH3 is 1. The van der Waals surface area contributed by atoms with Gasteiger partial charge in [-0.25, -0.2) is 4.79 Å². The Bertz CT molecular complexity index is 865. The third kappa shape index (κ3) is 4.25. The maximum atomic E-state index is 11.9. The summed E-state index contributed by atoms with van der Waals surface area (Å²) in [6.45, 7) is 4.11. The number of amides is 1. The standard InChI is InChI=1S/C18H18N4O4S/c1-11(16-15(20-10-23)13(9-27-16)18(24)25-2)5-6-14-21-17(26-22-14)12-4-3-7-19-8-12/h3-4,7-10,15-16H,1,5-6H2,2H3,(H,20,23). The molecule has 3 rings (SSSR count). The minimum atomic E-state index is -0.469. The van der Waals surface area contributed by atoms with Gasteiger partial charge < -0.3 is 14.6 Å². The number of carbonyl (C=O) groups excluding carboxylic acids is 2. The molecular formula is C18H18N4O4S. The molecule has 8 nitrogen and oxygen atoms in total. The molecule has 1 amide bonds. The molecule has 1 N–H and O–H groups in total. The molecule has 9 heteroatoms. The molecule has 0 fully saturated rings. The second-order valence-corrected chi connectivity index (χ2v) is 6.82. The van der Waals surface area contributed by atoms with Crippen molar-refractivity contribution in [3.63, 3.8) is 0 Å². The molecule has 1 aliphatic rings. The number of thioether (sulfide) groups is 1. The van der Waals surface area contributed by atoms with Gasteiger partial charge in [-0.2, -0.15) is 4.98 Å². The Kier molecular flexibility index (Phi) is 6.02. The Morgan fingerprint density at radius 2 is 2.37 bits per heavy atom. The molecule has 2 unspecified atom stereocenters. The summed E-state index contributed by atoms with van der Waals surface area (Å²) in [7, 11) is 1.31. The van der Waals surface area contributed by atoms with E-state index >= 15 is 0 Å². The van der Waals surface area contributed by atoms with Crippen molar-refractivity contribution in [2.24, 2.45) is 0 Å². The van der Waals surface area contributed by atoms with Crippen molar-refractivity contribution in [1.82, 2.24) is 20.4 Å². The van der Waals surface area contributed by atoms with Crippen LogP contribution in [0, 0.1) is 0 Å². The van der Waals surface area contributed by atoms with Gasteiger partial charge in [0, 0.05) is 18.8 Å². The summed E-state index contributed by atoms with van der Waals surface area (Å²) in [5, 5.41) is 8.21. The van der Waals surface area contributed by atoms with Crippen LogP contribution in [0.15, 0.2) is 52.2 Å². The van der Waals surface area contributed by atoms with E-state index in [9.17, 15) is 9.59 Å². The highest BCUT2D eigenvalue weighted by Gasteiger charge is 2.36.